The Hall–Kier alpha value is -2.48. The zero-order chi connectivity index (χ0) is 15.7. The lowest BCUT2D eigenvalue weighted by atomic mass is 10.2. The molecule has 1 amide bonds. The number of ether oxygens (including phenoxy) is 2. The van der Waals surface area contributed by atoms with Gasteiger partial charge in [-0.15, -0.1) is 0 Å². The quantitative estimate of drug-likeness (QED) is 0.337. The third-order valence-electron chi connectivity index (χ3n) is 2.45. The number of hydrogen-bond acceptors (Lipinski definition) is 6. The predicted octanol–water partition coefficient (Wildman–Crippen LogP) is 1.50. The molecule has 21 heavy (non-hydrogen) atoms. The van der Waals surface area contributed by atoms with Gasteiger partial charge in [0.05, 0.1) is 18.0 Å². The van der Waals surface area contributed by atoms with Crippen LogP contribution in [0.4, 0.5) is 11.4 Å². The number of non-ortho nitro benzene ring substituents is 1. The molecule has 0 aromatic heterocycles. The van der Waals surface area contributed by atoms with Crippen molar-refractivity contribution in [2.75, 3.05) is 25.6 Å². The largest absolute Gasteiger partial charge is 0.463 e. The van der Waals surface area contributed by atoms with E-state index in [0.29, 0.717) is 12.3 Å². The lowest BCUT2D eigenvalue weighted by Gasteiger charge is -2.06. The molecule has 0 saturated carbocycles. The molecule has 0 aliphatic carbocycles. The third-order valence-corrected chi connectivity index (χ3v) is 2.45. The van der Waals surface area contributed by atoms with Crippen LogP contribution in [-0.4, -0.2) is 37.1 Å². The van der Waals surface area contributed by atoms with Gasteiger partial charge in [-0.25, -0.2) is 0 Å². The van der Waals surface area contributed by atoms with Gasteiger partial charge in [0.1, 0.15) is 6.61 Å². The number of rotatable bonds is 8. The first-order chi connectivity index (χ1) is 10.0. The van der Waals surface area contributed by atoms with Crippen LogP contribution >= 0.6 is 0 Å². The molecule has 1 rings (SSSR count). The first-order valence-electron chi connectivity index (χ1n) is 6.22. The Bertz CT molecular complexity index is 517. The third kappa shape index (κ3) is 6.48. The Morgan fingerprint density at radius 3 is 2.71 bits per heavy atom. The molecule has 0 bridgehead atoms. The van der Waals surface area contributed by atoms with Crippen molar-refractivity contribution in [3.8, 4) is 0 Å². The number of nitrogens with one attached hydrogen (secondary N) is 1. The molecule has 0 aliphatic rings. The van der Waals surface area contributed by atoms with E-state index in [9.17, 15) is 19.7 Å². The molecule has 1 aromatic rings. The molecule has 8 nitrogen and oxygen atoms in total. The minimum absolute atomic E-state index is 0.0610. The smallest absolute Gasteiger partial charge is 0.306 e. The molecule has 0 aliphatic heterocycles. The summed E-state index contributed by atoms with van der Waals surface area (Å²) in [7, 11) is 1.49. The monoisotopic (exact) mass is 296 g/mol. The first kappa shape index (κ1) is 16.6. The highest BCUT2D eigenvalue weighted by Gasteiger charge is 2.10. The number of nitro benzene ring substituents is 1. The summed E-state index contributed by atoms with van der Waals surface area (Å²) >= 11 is 0. The maximum Gasteiger partial charge on any atom is 0.306 e. The highest BCUT2D eigenvalue weighted by atomic mass is 16.6. The summed E-state index contributed by atoms with van der Waals surface area (Å²) in [6, 6.07) is 5.56. The zero-order valence-electron chi connectivity index (χ0n) is 11.5. The van der Waals surface area contributed by atoms with Crippen molar-refractivity contribution in [1.29, 1.82) is 0 Å². The van der Waals surface area contributed by atoms with Gasteiger partial charge in [-0.2, -0.15) is 0 Å². The van der Waals surface area contributed by atoms with Crippen molar-refractivity contribution < 1.29 is 24.0 Å². The fourth-order valence-electron chi connectivity index (χ4n) is 1.45. The molecule has 8 heteroatoms. The summed E-state index contributed by atoms with van der Waals surface area (Å²) in [5.74, 6) is -0.916. The maximum absolute atomic E-state index is 11.6. The highest BCUT2D eigenvalue weighted by Crippen LogP contribution is 2.17. The Labute approximate surface area is 121 Å². The summed E-state index contributed by atoms with van der Waals surface area (Å²) < 4.78 is 9.52. The average molecular weight is 296 g/mol. The number of methoxy groups -OCH3 is 1. The van der Waals surface area contributed by atoms with Crippen LogP contribution in [0.2, 0.25) is 0 Å². The minimum atomic E-state index is -0.553. The van der Waals surface area contributed by atoms with Crippen molar-refractivity contribution in [2.45, 2.75) is 12.8 Å². The van der Waals surface area contributed by atoms with Crippen LogP contribution in [0, 0.1) is 10.1 Å². The van der Waals surface area contributed by atoms with Gasteiger partial charge in [-0.3, -0.25) is 19.7 Å². The standard InChI is InChI=1S/C13H16N2O6/c1-20-7-8-21-13(17)6-5-12(16)14-10-3-2-4-11(9-10)15(18)19/h2-4,9H,5-8H2,1H3,(H,14,16). The molecule has 0 heterocycles. The van der Waals surface area contributed by atoms with E-state index in [4.69, 9.17) is 9.47 Å². The number of amides is 1. The second-order valence-corrected chi connectivity index (χ2v) is 4.07. The SMILES string of the molecule is COCCOC(=O)CCC(=O)Nc1cccc([N+](=O)[O-])c1. The van der Waals surface area contributed by atoms with Gasteiger partial charge in [0.2, 0.25) is 5.91 Å². The molecular formula is C13H16N2O6. The van der Waals surface area contributed by atoms with Gasteiger partial charge in [-0.05, 0) is 6.07 Å². The summed E-state index contributed by atoms with van der Waals surface area (Å²) in [5, 5.41) is 13.1. The van der Waals surface area contributed by atoms with Gasteiger partial charge >= 0.3 is 5.97 Å². The number of esters is 1. The minimum Gasteiger partial charge on any atom is -0.463 e. The van der Waals surface area contributed by atoms with Crippen LogP contribution in [0.25, 0.3) is 0 Å². The lowest BCUT2D eigenvalue weighted by Crippen LogP contribution is -2.15. The normalized spacial score (nSPS) is 9.95. The lowest BCUT2D eigenvalue weighted by molar-refractivity contribution is -0.384. The van der Waals surface area contributed by atoms with E-state index in [2.05, 4.69) is 5.32 Å². The molecule has 0 fully saturated rings. The number of benzene rings is 1. The van der Waals surface area contributed by atoms with Gasteiger partial charge in [0.15, 0.2) is 0 Å². The number of hydrogen-bond donors (Lipinski definition) is 1. The molecule has 114 valence electrons. The number of nitro groups is 1. The fourth-order valence-corrected chi connectivity index (χ4v) is 1.45. The van der Waals surface area contributed by atoms with E-state index < -0.39 is 16.8 Å². The topological polar surface area (TPSA) is 108 Å². The predicted molar refractivity (Wildman–Crippen MR) is 73.8 cm³/mol. The summed E-state index contributed by atoms with van der Waals surface area (Å²) in [4.78, 5) is 32.9. The number of carbonyl (C=O) groups excluding carboxylic acids is 2. The van der Waals surface area contributed by atoms with Crippen molar-refractivity contribution in [3.63, 3.8) is 0 Å². The fraction of sp³-hybridized carbons (Fsp3) is 0.385. The molecule has 1 N–H and O–H groups in total. The van der Waals surface area contributed by atoms with E-state index in [1.807, 2.05) is 0 Å². The Balaban J connectivity index is 2.38. The van der Waals surface area contributed by atoms with E-state index in [0.717, 1.165) is 0 Å². The van der Waals surface area contributed by atoms with Crippen LogP contribution in [0.1, 0.15) is 12.8 Å². The van der Waals surface area contributed by atoms with E-state index in [-0.39, 0.29) is 25.1 Å². The molecule has 0 radical (unpaired) electrons. The Morgan fingerprint density at radius 2 is 2.05 bits per heavy atom. The van der Waals surface area contributed by atoms with Crippen molar-refractivity contribution in [2.24, 2.45) is 0 Å². The van der Waals surface area contributed by atoms with Gasteiger partial charge < -0.3 is 14.8 Å². The van der Waals surface area contributed by atoms with Gasteiger partial charge in [-0.1, -0.05) is 6.07 Å². The molecule has 0 atom stereocenters. The van der Waals surface area contributed by atoms with Crippen LogP contribution in [0.15, 0.2) is 24.3 Å². The second kappa shape index (κ2) is 8.64. The molecular weight excluding hydrogens is 280 g/mol. The second-order valence-electron chi connectivity index (χ2n) is 4.07. The van der Waals surface area contributed by atoms with E-state index in [1.54, 1.807) is 0 Å². The van der Waals surface area contributed by atoms with Gasteiger partial charge in [0, 0.05) is 31.4 Å². The van der Waals surface area contributed by atoms with Gasteiger partial charge in [0.25, 0.3) is 5.69 Å². The average Bonchev–Trinajstić information content (AvgIpc) is 2.45. The van der Waals surface area contributed by atoms with Crippen LogP contribution in [0.5, 0.6) is 0 Å². The maximum atomic E-state index is 11.6. The summed E-state index contributed by atoms with van der Waals surface area (Å²) in [6.45, 7) is 0.438. The Kier molecular flexibility index (Phi) is 6.82. The number of anilines is 1. The summed E-state index contributed by atoms with van der Waals surface area (Å²) in [6.07, 6.45) is -0.126. The van der Waals surface area contributed by atoms with E-state index >= 15 is 0 Å². The van der Waals surface area contributed by atoms with Crippen LogP contribution < -0.4 is 5.32 Å². The van der Waals surface area contributed by atoms with Crippen LogP contribution in [0.3, 0.4) is 0 Å². The highest BCUT2D eigenvalue weighted by molar-refractivity contribution is 5.92. The molecule has 0 unspecified atom stereocenters. The van der Waals surface area contributed by atoms with Crippen LogP contribution in [-0.2, 0) is 19.1 Å². The van der Waals surface area contributed by atoms with Crippen molar-refractivity contribution in [3.05, 3.63) is 34.4 Å². The number of nitrogens with zero attached hydrogens (tertiary/aromatic N) is 1. The molecule has 0 saturated heterocycles. The van der Waals surface area contributed by atoms with Crippen molar-refractivity contribution >= 4 is 23.3 Å². The van der Waals surface area contributed by atoms with Crippen molar-refractivity contribution in [1.82, 2.24) is 0 Å². The number of carbonyl (C=O) groups is 2. The Morgan fingerprint density at radius 1 is 1.29 bits per heavy atom. The zero-order valence-corrected chi connectivity index (χ0v) is 11.5. The first-order valence-corrected chi connectivity index (χ1v) is 6.22. The molecule has 1 aromatic carbocycles. The van der Waals surface area contributed by atoms with E-state index in [1.165, 1.54) is 31.4 Å². The molecule has 0 spiro atoms. The summed E-state index contributed by atoms with van der Waals surface area (Å²) in [5.41, 5.74) is 0.189.